The SMILES string of the molecule is Cc1cccc(NCc2ccnn2C)c1Cl. The van der Waals surface area contributed by atoms with E-state index in [1.807, 2.05) is 42.9 Å². The lowest BCUT2D eigenvalue weighted by Crippen LogP contribution is -2.05. The van der Waals surface area contributed by atoms with Crippen LogP contribution in [0.2, 0.25) is 5.02 Å². The monoisotopic (exact) mass is 235 g/mol. The van der Waals surface area contributed by atoms with E-state index in [0.717, 1.165) is 28.5 Å². The van der Waals surface area contributed by atoms with E-state index in [2.05, 4.69) is 10.4 Å². The summed E-state index contributed by atoms with van der Waals surface area (Å²) in [6.45, 7) is 2.72. The lowest BCUT2D eigenvalue weighted by Gasteiger charge is -2.09. The maximum absolute atomic E-state index is 6.19. The molecule has 3 nitrogen and oxygen atoms in total. The highest BCUT2D eigenvalue weighted by Gasteiger charge is 2.03. The molecule has 0 unspecified atom stereocenters. The van der Waals surface area contributed by atoms with E-state index in [1.165, 1.54) is 0 Å². The van der Waals surface area contributed by atoms with E-state index < -0.39 is 0 Å². The topological polar surface area (TPSA) is 29.9 Å². The van der Waals surface area contributed by atoms with Crippen LogP contribution >= 0.6 is 11.6 Å². The number of rotatable bonds is 3. The van der Waals surface area contributed by atoms with Gasteiger partial charge in [0.15, 0.2) is 0 Å². The number of aryl methyl sites for hydroxylation is 2. The van der Waals surface area contributed by atoms with Crippen molar-refractivity contribution in [2.45, 2.75) is 13.5 Å². The van der Waals surface area contributed by atoms with E-state index in [9.17, 15) is 0 Å². The second-order valence-corrected chi connectivity index (χ2v) is 4.11. The van der Waals surface area contributed by atoms with Crippen LogP contribution < -0.4 is 5.32 Å². The Hall–Kier alpha value is -1.48. The van der Waals surface area contributed by atoms with Crippen LogP contribution in [0.3, 0.4) is 0 Å². The van der Waals surface area contributed by atoms with Crippen molar-refractivity contribution in [3.8, 4) is 0 Å². The van der Waals surface area contributed by atoms with E-state index in [-0.39, 0.29) is 0 Å². The van der Waals surface area contributed by atoms with Gasteiger partial charge in [0.05, 0.1) is 22.9 Å². The summed E-state index contributed by atoms with van der Waals surface area (Å²) in [6.07, 6.45) is 1.79. The molecule has 0 saturated heterocycles. The Morgan fingerprint density at radius 1 is 1.38 bits per heavy atom. The molecule has 0 aliphatic carbocycles. The fourth-order valence-corrected chi connectivity index (χ4v) is 1.74. The van der Waals surface area contributed by atoms with Crippen LogP contribution in [0.1, 0.15) is 11.3 Å². The fourth-order valence-electron chi connectivity index (χ4n) is 1.54. The third-order valence-corrected chi connectivity index (χ3v) is 3.08. The van der Waals surface area contributed by atoms with Gasteiger partial charge in [0, 0.05) is 13.2 Å². The molecule has 2 rings (SSSR count). The molecule has 1 aromatic heterocycles. The predicted molar refractivity (Wildman–Crippen MR) is 66.7 cm³/mol. The van der Waals surface area contributed by atoms with Crippen molar-refractivity contribution in [1.29, 1.82) is 0 Å². The molecule has 1 aromatic carbocycles. The quantitative estimate of drug-likeness (QED) is 0.887. The molecule has 0 saturated carbocycles. The maximum Gasteiger partial charge on any atom is 0.0666 e. The molecule has 0 bridgehead atoms. The summed E-state index contributed by atoms with van der Waals surface area (Å²) in [6, 6.07) is 7.95. The number of hydrogen-bond donors (Lipinski definition) is 1. The van der Waals surface area contributed by atoms with Gasteiger partial charge in [0.2, 0.25) is 0 Å². The predicted octanol–water partition coefficient (Wildman–Crippen LogP) is 2.99. The number of nitrogens with zero attached hydrogens (tertiary/aromatic N) is 2. The first kappa shape index (κ1) is 11.0. The highest BCUT2D eigenvalue weighted by molar-refractivity contribution is 6.33. The number of anilines is 1. The van der Waals surface area contributed by atoms with Crippen molar-refractivity contribution < 1.29 is 0 Å². The highest BCUT2D eigenvalue weighted by Crippen LogP contribution is 2.25. The van der Waals surface area contributed by atoms with E-state index in [0.29, 0.717) is 0 Å². The Labute approximate surface area is 100 Å². The Balaban J connectivity index is 2.11. The van der Waals surface area contributed by atoms with Crippen LogP contribution in [-0.2, 0) is 13.6 Å². The van der Waals surface area contributed by atoms with Crippen LogP contribution in [0.25, 0.3) is 0 Å². The van der Waals surface area contributed by atoms with Gasteiger partial charge in [0.1, 0.15) is 0 Å². The van der Waals surface area contributed by atoms with Crippen molar-refractivity contribution in [2.75, 3.05) is 5.32 Å². The largest absolute Gasteiger partial charge is 0.378 e. The van der Waals surface area contributed by atoms with Crippen molar-refractivity contribution in [3.05, 3.63) is 46.7 Å². The number of halogens is 1. The molecule has 0 aliphatic heterocycles. The molecule has 0 aliphatic rings. The Morgan fingerprint density at radius 3 is 2.88 bits per heavy atom. The summed E-state index contributed by atoms with van der Waals surface area (Å²) in [7, 11) is 1.93. The zero-order chi connectivity index (χ0) is 11.5. The first-order chi connectivity index (χ1) is 7.68. The van der Waals surface area contributed by atoms with Gasteiger partial charge in [-0.2, -0.15) is 5.10 Å². The van der Waals surface area contributed by atoms with E-state index in [1.54, 1.807) is 6.20 Å². The Kier molecular flexibility index (Phi) is 3.15. The molecular weight excluding hydrogens is 222 g/mol. The summed E-state index contributed by atoms with van der Waals surface area (Å²) >= 11 is 6.19. The van der Waals surface area contributed by atoms with Crippen molar-refractivity contribution >= 4 is 17.3 Å². The van der Waals surface area contributed by atoms with E-state index in [4.69, 9.17) is 11.6 Å². The summed E-state index contributed by atoms with van der Waals surface area (Å²) in [5, 5.41) is 8.20. The van der Waals surface area contributed by atoms with Crippen LogP contribution in [0.15, 0.2) is 30.5 Å². The van der Waals surface area contributed by atoms with Crippen molar-refractivity contribution in [2.24, 2.45) is 7.05 Å². The normalized spacial score (nSPS) is 10.4. The third kappa shape index (κ3) is 2.19. The maximum atomic E-state index is 6.19. The average molecular weight is 236 g/mol. The lowest BCUT2D eigenvalue weighted by molar-refractivity contribution is 0.720. The van der Waals surface area contributed by atoms with Gasteiger partial charge >= 0.3 is 0 Å². The minimum Gasteiger partial charge on any atom is -0.378 e. The number of benzene rings is 1. The molecule has 0 atom stereocenters. The van der Waals surface area contributed by atoms with Gasteiger partial charge in [0.25, 0.3) is 0 Å². The molecule has 16 heavy (non-hydrogen) atoms. The molecule has 4 heteroatoms. The van der Waals surface area contributed by atoms with Gasteiger partial charge in [-0.05, 0) is 24.6 Å². The molecule has 1 N–H and O–H groups in total. The minimum absolute atomic E-state index is 0.722. The molecular formula is C12H14ClN3. The van der Waals surface area contributed by atoms with Gasteiger partial charge < -0.3 is 5.32 Å². The average Bonchev–Trinajstić information content (AvgIpc) is 2.67. The fraction of sp³-hybridized carbons (Fsp3) is 0.250. The third-order valence-electron chi connectivity index (χ3n) is 2.57. The summed E-state index contributed by atoms with van der Waals surface area (Å²) < 4.78 is 1.84. The van der Waals surface area contributed by atoms with Crippen molar-refractivity contribution in [3.63, 3.8) is 0 Å². The van der Waals surface area contributed by atoms with Crippen LogP contribution in [0.4, 0.5) is 5.69 Å². The highest BCUT2D eigenvalue weighted by atomic mass is 35.5. The molecule has 0 amide bonds. The number of nitrogens with one attached hydrogen (secondary N) is 1. The van der Waals surface area contributed by atoms with Crippen LogP contribution in [0.5, 0.6) is 0 Å². The summed E-state index contributed by atoms with van der Waals surface area (Å²) in [5.74, 6) is 0. The zero-order valence-corrected chi connectivity index (χ0v) is 10.1. The standard InChI is InChI=1S/C12H14ClN3/c1-9-4-3-5-11(12(9)13)14-8-10-6-7-15-16(10)2/h3-7,14H,8H2,1-2H3. The Bertz CT molecular complexity index is 491. The van der Waals surface area contributed by atoms with Crippen LogP contribution in [-0.4, -0.2) is 9.78 Å². The smallest absolute Gasteiger partial charge is 0.0666 e. The first-order valence-corrected chi connectivity index (χ1v) is 5.52. The van der Waals surface area contributed by atoms with Crippen molar-refractivity contribution in [1.82, 2.24) is 9.78 Å². The summed E-state index contributed by atoms with van der Waals surface area (Å²) in [4.78, 5) is 0. The van der Waals surface area contributed by atoms with Gasteiger partial charge in [-0.25, -0.2) is 0 Å². The summed E-state index contributed by atoms with van der Waals surface area (Å²) in [5.41, 5.74) is 3.16. The molecule has 84 valence electrons. The second-order valence-electron chi connectivity index (χ2n) is 3.74. The lowest BCUT2D eigenvalue weighted by atomic mass is 10.2. The number of aromatic nitrogens is 2. The van der Waals surface area contributed by atoms with E-state index >= 15 is 0 Å². The zero-order valence-electron chi connectivity index (χ0n) is 9.37. The molecule has 0 radical (unpaired) electrons. The molecule has 0 spiro atoms. The first-order valence-electron chi connectivity index (χ1n) is 5.14. The molecule has 0 fully saturated rings. The number of hydrogen-bond acceptors (Lipinski definition) is 2. The van der Waals surface area contributed by atoms with Gasteiger partial charge in [-0.3, -0.25) is 4.68 Å². The minimum atomic E-state index is 0.722. The van der Waals surface area contributed by atoms with Gasteiger partial charge in [-0.1, -0.05) is 23.7 Å². The molecule has 1 heterocycles. The molecule has 2 aromatic rings. The van der Waals surface area contributed by atoms with Crippen LogP contribution in [0, 0.1) is 6.92 Å². The second kappa shape index (κ2) is 4.58. The van der Waals surface area contributed by atoms with Gasteiger partial charge in [-0.15, -0.1) is 0 Å². The Morgan fingerprint density at radius 2 is 2.19 bits per heavy atom.